The number of hydrogen-bond acceptors (Lipinski definition) is 3. The van der Waals surface area contributed by atoms with Crippen molar-refractivity contribution >= 4 is 34.8 Å². The third kappa shape index (κ3) is 3.52. The van der Waals surface area contributed by atoms with Gasteiger partial charge in [0.1, 0.15) is 5.75 Å². The van der Waals surface area contributed by atoms with Gasteiger partial charge in [0, 0.05) is 10.7 Å². The van der Waals surface area contributed by atoms with E-state index in [0.717, 1.165) is 0 Å². The summed E-state index contributed by atoms with van der Waals surface area (Å²) < 4.78 is 0. The van der Waals surface area contributed by atoms with Gasteiger partial charge in [-0.05, 0) is 36.8 Å². The zero-order valence-electron chi connectivity index (χ0n) is 11.2. The van der Waals surface area contributed by atoms with Crippen LogP contribution in [0.15, 0.2) is 42.5 Å². The molecule has 2 amide bonds. The van der Waals surface area contributed by atoms with Gasteiger partial charge >= 0.3 is 11.8 Å². The molecule has 2 rings (SSSR count). The Morgan fingerprint density at radius 1 is 0.952 bits per heavy atom. The largest absolute Gasteiger partial charge is 0.506 e. The van der Waals surface area contributed by atoms with Crippen molar-refractivity contribution in [3.63, 3.8) is 0 Å². The molecule has 108 valence electrons. The van der Waals surface area contributed by atoms with Gasteiger partial charge in [0.15, 0.2) is 0 Å². The molecule has 2 aromatic carbocycles. The number of hydrogen-bond donors (Lipinski definition) is 3. The van der Waals surface area contributed by atoms with Crippen LogP contribution in [0.2, 0.25) is 5.02 Å². The Kier molecular flexibility index (Phi) is 4.45. The van der Waals surface area contributed by atoms with Gasteiger partial charge in [-0.25, -0.2) is 0 Å². The number of halogens is 1. The number of amides is 2. The lowest BCUT2D eigenvalue weighted by molar-refractivity contribution is -0.133. The summed E-state index contributed by atoms with van der Waals surface area (Å²) >= 11 is 5.94. The van der Waals surface area contributed by atoms with Crippen molar-refractivity contribution in [2.75, 3.05) is 10.6 Å². The van der Waals surface area contributed by atoms with Crippen LogP contribution < -0.4 is 10.6 Å². The van der Waals surface area contributed by atoms with Crippen molar-refractivity contribution in [3.8, 4) is 5.75 Å². The summed E-state index contributed by atoms with van der Waals surface area (Å²) in [5.74, 6) is -1.84. The maximum absolute atomic E-state index is 11.8. The van der Waals surface area contributed by atoms with Crippen molar-refractivity contribution in [1.82, 2.24) is 0 Å². The summed E-state index contributed by atoms with van der Waals surface area (Å²) in [5.41, 5.74) is 1.29. The summed E-state index contributed by atoms with van der Waals surface area (Å²) in [4.78, 5) is 23.6. The molecule has 0 radical (unpaired) electrons. The molecule has 21 heavy (non-hydrogen) atoms. The fourth-order valence-electron chi connectivity index (χ4n) is 1.68. The minimum Gasteiger partial charge on any atom is -0.506 e. The van der Waals surface area contributed by atoms with Crippen LogP contribution in [-0.2, 0) is 9.59 Å². The summed E-state index contributed by atoms with van der Waals surface area (Å²) in [7, 11) is 0. The van der Waals surface area contributed by atoms with E-state index in [4.69, 9.17) is 11.6 Å². The molecule has 0 fully saturated rings. The third-order valence-electron chi connectivity index (χ3n) is 2.87. The van der Waals surface area contributed by atoms with E-state index in [0.29, 0.717) is 16.3 Å². The normalized spacial score (nSPS) is 10.0. The second-order valence-corrected chi connectivity index (χ2v) is 4.74. The minimum absolute atomic E-state index is 0.113. The molecule has 0 saturated heterocycles. The van der Waals surface area contributed by atoms with Crippen LogP contribution in [0, 0.1) is 6.92 Å². The molecule has 2 aromatic rings. The van der Waals surface area contributed by atoms with Gasteiger partial charge in [-0.2, -0.15) is 0 Å². The summed E-state index contributed by atoms with van der Waals surface area (Å²) in [5, 5.41) is 14.8. The number of phenolic OH excluding ortho intramolecular Hbond substituents is 1. The summed E-state index contributed by atoms with van der Waals surface area (Å²) in [6.45, 7) is 1.73. The molecule has 0 saturated carbocycles. The molecule has 0 aromatic heterocycles. The van der Waals surface area contributed by atoms with Crippen LogP contribution >= 0.6 is 11.6 Å². The second kappa shape index (κ2) is 6.28. The lowest BCUT2D eigenvalue weighted by atomic mass is 10.2. The zero-order chi connectivity index (χ0) is 15.4. The lowest BCUT2D eigenvalue weighted by Gasteiger charge is -2.10. The first-order valence-corrected chi connectivity index (χ1v) is 6.52. The van der Waals surface area contributed by atoms with Gasteiger partial charge in [-0.1, -0.05) is 29.8 Å². The number of carbonyl (C=O) groups excluding carboxylic acids is 2. The highest BCUT2D eigenvalue weighted by Crippen LogP contribution is 2.23. The Morgan fingerprint density at radius 2 is 1.52 bits per heavy atom. The highest BCUT2D eigenvalue weighted by Gasteiger charge is 2.16. The first-order valence-electron chi connectivity index (χ1n) is 6.14. The molecule has 5 nitrogen and oxygen atoms in total. The van der Waals surface area contributed by atoms with E-state index < -0.39 is 11.8 Å². The highest BCUT2D eigenvalue weighted by molar-refractivity contribution is 6.44. The lowest BCUT2D eigenvalue weighted by Crippen LogP contribution is -2.29. The zero-order valence-corrected chi connectivity index (χ0v) is 11.9. The van der Waals surface area contributed by atoms with E-state index in [9.17, 15) is 14.7 Å². The van der Waals surface area contributed by atoms with Gasteiger partial charge in [0.2, 0.25) is 0 Å². The SMILES string of the molecule is Cc1c(Cl)cccc1NC(=O)C(=O)Nc1ccccc1O. The number of anilines is 2. The number of benzene rings is 2. The smallest absolute Gasteiger partial charge is 0.314 e. The van der Waals surface area contributed by atoms with Crippen molar-refractivity contribution in [1.29, 1.82) is 0 Å². The van der Waals surface area contributed by atoms with Gasteiger partial charge in [0.05, 0.1) is 5.69 Å². The fraction of sp³-hybridized carbons (Fsp3) is 0.0667. The van der Waals surface area contributed by atoms with Crippen molar-refractivity contribution in [2.24, 2.45) is 0 Å². The second-order valence-electron chi connectivity index (χ2n) is 4.34. The molecular weight excluding hydrogens is 292 g/mol. The number of nitrogens with one attached hydrogen (secondary N) is 2. The predicted molar refractivity (Wildman–Crippen MR) is 81.6 cm³/mol. The van der Waals surface area contributed by atoms with E-state index in [1.807, 2.05) is 0 Å². The van der Waals surface area contributed by atoms with Gasteiger partial charge in [0.25, 0.3) is 0 Å². The van der Waals surface area contributed by atoms with E-state index in [2.05, 4.69) is 10.6 Å². The number of phenols is 1. The third-order valence-corrected chi connectivity index (χ3v) is 3.28. The minimum atomic E-state index is -0.879. The fourth-order valence-corrected chi connectivity index (χ4v) is 1.85. The molecule has 0 aliphatic rings. The van der Waals surface area contributed by atoms with Crippen LogP contribution in [0.1, 0.15) is 5.56 Å². The molecule has 3 N–H and O–H groups in total. The summed E-state index contributed by atoms with van der Waals surface area (Å²) in [6.07, 6.45) is 0. The molecule has 6 heteroatoms. The Bertz CT molecular complexity index is 701. The summed E-state index contributed by atoms with van der Waals surface area (Å²) in [6, 6.07) is 11.2. The predicted octanol–water partition coefficient (Wildman–Crippen LogP) is 2.93. The average molecular weight is 305 g/mol. The Hall–Kier alpha value is -2.53. The van der Waals surface area contributed by atoms with Crippen LogP contribution in [-0.4, -0.2) is 16.9 Å². The van der Waals surface area contributed by atoms with Crippen LogP contribution in [0.4, 0.5) is 11.4 Å². The molecule has 0 atom stereocenters. The Labute approximate surface area is 126 Å². The van der Waals surface area contributed by atoms with Crippen molar-refractivity contribution in [2.45, 2.75) is 6.92 Å². The van der Waals surface area contributed by atoms with E-state index >= 15 is 0 Å². The number of carbonyl (C=O) groups is 2. The first kappa shape index (κ1) is 14.9. The van der Waals surface area contributed by atoms with Gasteiger partial charge < -0.3 is 15.7 Å². The van der Waals surface area contributed by atoms with Gasteiger partial charge in [-0.15, -0.1) is 0 Å². The van der Waals surface area contributed by atoms with E-state index in [-0.39, 0.29) is 11.4 Å². The molecule has 0 aliphatic heterocycles. The molecule has 0 aliphatic carbocycles. The number of rotatable bonds is 2. The van der Waals surface area contributed by atoms with Gasteiger partial charge in [-0.3, -0.25) is 9.59 Å². The monoisotopic (exact) mass is 304 g/mol. The van der Waals surface area contributed by atoms with E-state index in [1.165, 1.54) is 12.1 Å². The van der Waals surface area contributed by atoms with Crippen LogP contribution in [0.5, 0.6) is 5.75 Å². The molecule has 0 unspecified atom stereocenters. The maximum atomic E-state index is 11.8. The molecular formula is C15H13ClN2O3. The number of para-hydroxylation sites is 2. The van der Waals surface area contributed by atoms with Crippen LogP contribution in [0.25, 0.3) is 0 Å². The first-order chi connectivity index (χ1) is 9.99. The maximum Gasteiger partial charge on any atom is 0.314 e. The highest BCUT2D eigenvalue weighted by atomic mass is 35.5. The van der Waals surface area contributed by atoms with Crippen molar-refractivity contribution < 1.29 is 14.7 Å². The Morgan fingerprint density at radius 3 is 2.19 bits per heavy atom. The standard InChI is InChI=1S/C15H13ClN2O3/c1-9-10(16)5-4-7-11(9)17-14(20)15(21)18-12-6-2-3-8-13(12)19/h2-8,19H,1H3,(H,17,20)(H,18,21). The van der Waals surface area contributed by atoms with Crippen molar-refractivity contribution in [3.05, 3.63) is 53.1 Å². The van der Waals surface area contributed by atoms with Crippen LogP contribution in [0.3, 0.4) is 0 Å². The van der Waals surface area contributed by atoms with E-state index in [1.54, 1.807) is 37.3 Å². The Balaban J connectivity index is 2.08. The average Bonchev–Trinajstić information content (AvgIpc) is 2.46. The quantitative estimate of drug-likeness (QED) is 0.589. The molecule has 0 bridgehead atoms. The molecule has 0 spiro atoms. The number of aromatic hydroxyl groups is 1. The molecule has 0 heterocycles. The topological polar surface area (TPSA) is 78.4 Å².